The Balaban J connectivity index is 3.08. The average Bonchev–Trinajstić information content (AvgIpc) is 2.82. The topological polar surface area (TPSA) is 204 Å². The van der Waals surface area contributed by atoms with Crippen molar-refractivity contribution in [3.8, 4) is 0 Å². The highest BCUT2D eigenvalue weighted by molar-refractivity contribution is 7.80. The molecule has 15 heteroatoms. The third-order valence-corrected chi connectivity index (χ3v) is 5.45. The molecule has 0 aromatic carbocycles. The molecule has 0 aliphatic carbocycles. The minimum atomic E-state index is -1.09. The second-order valence-electron chi connectivity index (χ2n) is 8.81. The first kappa shape index (κ1) is 30.7. The molecule has 36 heavy (non-hydrogen) atoms. The number of carbonyl (C=O) groups is 7. The molecule has 1 saturated heterocycles. The average molecular weight is 530 g/mol. The first-order valence-electron chi connectivity index (χ1n) is 11.4. The van der Waals surface area contributed by atoms with Crippen LogP contribution in [-0.2, 0) is 33.6 Å². The van der Waals surface area contributed by atoms with Gasteiger partial charge in [0.15, 0.2) is 0 Å². The first-order valence-corrected chi connectivity index (χ1v) is 12.1. The monoisotopic (exact) mass is 529 g/mol. The Labute approximate surface area is 214 Å². The standard InChI is InChI=1S/C21H35N7O7S/c1-10(2)17-20(34)25-8-15(31)26-12(9-36)19(33)24-6-14(30)22-5-13(29)23-7-16(32)27-18(11(3)4)21(35)28-17/h10-12,17-18,36H,5-9H2,1-4H3,(H,22,30)(H,23,29)(H,24,33)(H,25,34)(H,26,31)(H,27,32)(H,28,35)/t12-,17-,18-/m0/s1. The predicted molar refractivity (Wildman–Crippen MR) is 131 cm³/mol. The van der Waals surface area contributed by atoms with Gasteiger partial charge in [0, 0.05) is 5.75 Å². The molecule has 1 aliphatic heterocycles. The molecule has 3 atom stereocenters. The molecule has 7 amide bonds. The lowest BCUT2D eigenvalue weighted by Gasteiger charge is -2.27. The molecule has 0 aromatic rings. The van der Waals surface area contributed by atoms with Crippen LogP contribution in [0, 0.1) is 11.8 Å². The van der Waals surface area contributed by atoms with Gasteiger partial charge in [-0.15, -0.1) is 0 Å². The number of nitrogens with one attached hydrogen (secondary N) is 7. The van der Waals surface area contributed by atoms with E-state index in [-0.39, 0.29) is 17.6 Å². The summed E-state index contributed by atoms with van der Waals surface area (Å²) >= 11 is 4.02. The first-order chi connectivity index (χ1) is 16.8. The Bertz CT molecular complexity index is 866. The van der Waals surface area contributed by atoms with Gasteiger partial charge in [-0.05, 0) is 11.8 Å². The van der Waals surface area contributed by atoms with Gasteiger partial charge in [0.2, 0.25) is 41.4 Å². The van der Waals surface area contributed by atoms with Gasteiger partial charge in [-0.3, -0.25) is 33.6 Å². The van der Waals surface area contributed by atoms with Crippen LogP contribution >= 0.6 is 12.6 Å². The molecule has 0 unspecified atom stereocenters. The number of rotatable bonds is 3. The van der Waals surface area contributed by atoms with Crippen molar-refractivity contribution in [2.75, 3.05) is 31.9 Å². The van der Waals surface area contributed by atoms with Gasteiger partial charge in [0.1, 0.15) is 18.1 Å². The van der Waals surface area contributed by atoms with Crippen molar-refractivity contribution in [1.29, 1.82) is 0 Å². The number of hydrogen-bond donors (Lipinski definition) is 8. The molecule has 0 saturated carbocycles. The largest absolute Gasteiger partial charge is 0.346 e. The van der Waals surface area contributed by atoms with E-state index in [1.54, 1.807) is 27.7 Å². The van der Waals surface area contributed by atoms with Crippen LogP contribution in [0.3, 0.4) is 0 Å². The fourth-order valence-electron chi connectivity index (χ4n) is 3.03. The third kappa shape index (κ3) is 10.5. The minimum Gasteiger partial charge on any atom is -0.346 e. The van der Waals surface area contributed by atoms with E-state index in [4.69, 9.17) is 0 Å². The highest BCUT2D eigenvalue weighted by Gasteiger charge is 2.31. The lowest BCUT2D eigenvalue weighted by atomic mass is 9.99. The summed E-state index contributed by atoms with van der Waals surface area (Å²) < 4.78 is 0. The normalized spacial score (nSPS) is 24.4. The number of thiol groups is 1. The van der Waals surface area contributed by atoms with Gasteiger partial charge in [-0.25, -0.2) is 0 Å². The maximum absolute atomic E-state index is 12.9. The smallest absolute Gasteiger partial charge is 0.243 e. The second kappa shape index (κ2) is 14.9. The summed E-state index contributed by atoms with van der Waals surface area (Å²) in [5.41, 5.74) is 0. The van der Waals surface area contributed by atoms with Crippen molar-refractivity contribution in [2.45, 2.75) is 45.8 Å². The summed E-state index contributed by atoms with van der Waals surface area (Å²) in [6.07, 6.45) is 0. The van der Waals surface area contributed by atoms with E-state index in [9.17, 15) is 33.6 Å². The lowest BCUT2D eigenvalue weighted by Crippen LogP contribution is -2.58. The highest BCUT2D eigenvalue weighted by Crippen LogP contribution is 2.06. The maximum atomic E-state index is 12.9. The van der Waals surface area contributed by atoms with Gasteiger partial charge >= 0.3 is 0 Å². The van der Waals surface area contributed by atoms with E-state index >= 15 is 0 Å². The Kier molecular flexibility index (Phi) is 12.7. The Morgan fingerprint density at radius 3 is 1.53 bits per heavy atom. The highest BCUT2D eigenvalue weighted by atomic mass is 32.1. The van der Waals surface area contributed by atoms with E-state index in [0.29, 0.717) is 0 Å². The predicted octanol–water partition coefficient (Wildman–Crippen LogP) is -3.84. The van der Waals surface area contributed by atoms with Crippen LogP contribution in [-0.4, -0.2) is 91.4 Å². The molecule has 14 nitrogen and oxygen atoms in total. The van der Waals surface area contributed by atoms with Gasteiger partial charge in [0.25, 0.3) is 0 Å². The molecule has 0 bridgehead atoms. The van der Waals surface area contributed by atoms with Gasteiger partial charge in [-0.2, -0.15) is 12.6 Å². The molecule has 0 radical (unpaired) electrons. The fraction of sp³-hybridized carbons (Fsp3) is 0.667. The van der Waals surface area contributed by atoms with Crippen molar-refractivity contribution in [1.82, 2.24) is 37.2 Å². The molecular weight excluding hydrogens is 494 g/mol. The molecule has 1 heterocycles. The molecule has 0 aromatic heterocycles. The molecule has 1 aliphatic rings. The Morgan fingerprint density at radius 2 is 1.00 bits per heavy atom. The van der Waals surface area contributed by atoms with Crippen molar-refractivity contribution in [3.05, 3.63) is 0 Å². The van der Waals surface area contributed by atoms with E-state index in [1.165, 1.54) is 0 Å². The summed E-state index contributed by atoms with van der Waals surface area (Å²) in [6.45, 7) is 4.93. The fourth-order valence-corrected chi connectivity index (χ4v) is 3.28. The maximum Gasteiger partial charge on any atom is 0.243 e. The third-order valence-electron chi connectivity index (χ3n) is 5.09. The van der Waals surface area contributed by atoms with Gasteiger partial charge < -0.3 is 37.2 Å². The van der Waals surface area contributed by atoms with Crippen LogP contribution in [0.15, 0.2) is 0 Å². The molecule has 0 spiro atoms. The van der Waals surface area contributed by atoms with Crippen LogP contribution in [0.4, 0.5) is 0 Å². The number of hydrogen-bond acceptors (Lipinski definition) is 8. The summed E-state index contributed by atoms with van der Waals surface area (Å²) in [4.78, 5) is 86.3. The molecule has 7 N–H and O–H groups in total. The Morgan fingerprint density at radius 1 is 0.583 bits per heavy atom. The van der Waals surface area contributed by atoms with Crippen molar-refractivity contribution >= 4 is 54.0 Å². The van der Waals surface area contributed by atoms with Gasteiger partial charge in [0.05, 0.1) is 26.2 Å². The zero-order valence-corrected chi connectivity index (χ0v) is 21.6. The zero-order chi connectivity index (χ0) is 27.4. The van der Waals surface area contributed by atoms with E-state index in [1.807, 2.05) is 0 Å². The summed E-state index contributed by atoms with van der Waals surface area (Å²) in [7, 11) is 0. The quantitative estimate of drug-likeness (QED) is 0.171. The van der Waals surface area contributed by atoms with Crippen molar-refractivity contribution in [3.63, 3.8) is 0 Å². The zero-order valence-electron chi connectivity index (χ0n) is 20.7. The number of amides is 7. The molecule has 202 valence electrons. The van der Waals surface area contributed by atoms with Crippen LogP contribution in [0.2, 0.25) is 0 Å². The summed E-state index contributed by atoms with van der Waals surface area (Å²) in [5, 5.41) is 16.8. The molecule has 1 fully saturated rings. The van der Waals surface area contributed by atoms with Crippen LogP contribution in [0.1, 0.15) is 27.7 Å². The van der Waals surface area contributed by atoms with Crippen LogP contribution in [0.25, 0.3) is 0 Å². The van der Waals surface area contributed by atoms with Gasteiger partial charge in [-0.1, -0.05) is 27.7 Å². The van der Waals surface area contributed by atoms with Crippen LogP contribution in [0.5, 0.6) is 0 Å². The minimum absolute atomic E-state index is 0.0855. The SMILES string of the molecule is CC(C)[C@@H]1NC(=O)CNC(=O)CNC(=O)CNC(=O)[C@H](CS)NC(=O)CNC(=O)[C@H](C(C)C)NC1=O. The van der Waals surface area contributed by atoms with E-state index < -0.39 is 85.7 Å². The molecular formula is C21H35N7O7S. The van der Waals surface area contributed by atoms with Crippen molar-refractivity contribution in [2.24, 2.45) is 11.8 Å². The van der Waals surface area contributed by atoms with E-state index in [2.05, 4.69) is 49.8 Å². The van der Waals surface area contributed by atoms with E-state index in [0.717, 1.165) is 0 Å². The lowest BCUT2D eigenvalue weighted by molar-refractivity contribution is -0.134. The number of carbonyl (C=O) groups excluding carboxylic acids is 7. The van der Waals surface area contributed by atoms with Crippen LogP contribution < -0.4 is 37.2 Å². The Hall–Kier alpha value is -3.36. The molecule has 1 rings (SSSR count). The summed E-state index contributed by atoms with van der Waals surface area (Å²) in [5.74, 6) is -5.43. The van der Waals surface area contributed by atoms with Crippen molar-refractivity contribution < 1.29 is 33.6 Å². The summed E-state index contributed by atoms with van der Waals surface area (Å²) in [6, 6.07) is -3.11. The second-order valence-corrected chi connectivity index (χ2v) is 9.18.